The molecule has 0 saturated heterocycles. The number of nitrogens with one attached hydrogen (secondary N) is 1. The lowest BCUT2D eigenvalue weighted by molar-refractivity contribution is 0.612. The number of thiophene rings is 1. The Morgan fingerprint density at radius 3 is 3.00 bits per heavy atom. The second-order valence-corrected chi connectivity index (χ2v) is 2.88. The van der Waals surface area contributed by atoms with Gasteiger partial charge in [0.05, 0.1) is 6.04 Å². The van der Waals surface area contributed by atoms with Crippen molar-refractivity contribution in [2.45, 2.75) is 13.0 Å². The van der Waals surface area contributed by atoms with E-state index in [9.17, 15) is 0 Å². The summed E-state index contributed by atoms with van der Waals surface area (Å²) in [6.07, 6.45) is 0. The molecule has 3 heteroatoms. The Morgan fingerprint density at radius 1 is 1.78 bits per heavy atom. The van der Waals surface area contributed by atoms with Crippen molar-refractivity contribution in [2.75, 3.05) is 0 Å². The zero-order valence-electron chi connectivity index (χ0n) is 5.29. The molecule has 0 aliphatic carbocycles. The Balaban J connectivity index is 2.65. The van der Waals surface area contributed by atoms with E-state index < -0.39 is 0 Å². The molecule has 0 saturated carbocycles. The van der Waals surface area contributed by atoms with Gasteiger partial charge in [-0.15, -0.1) is 11.3 Å². The van der Waals surface area contributed by atoms with Crippen LogP contribution in [0.5, 0.6) is 0 Å². The van der Waals surface area contributed by atoms with E-state index in [4.69, 9.17) is 5.84 Å². The average molecular weight is 142 g/mol. The van der Waals surface area contributed by atoms with Crippen molar-refractivity contribution >= 4 is 11.3 Å². The summed E-state index contributed by atoms with van der Waals surface area (Å²) in [4.78, 5) is 1.28. The van der Waals surface area contributed by atoms with Gasteiger partial charge in [-0.05, 0) is 18.4 Å². The van der Waals surface area contributed by atoms with E-state index in [-0.39, 0.29) is 6.04 Å². The molecule has 0 aliphatic heterocycles. The number of hydrogen-bond donors (Lipinski definition) is 2. The van der Waals surface area contributed by atoms with Crippen molar-refractivity contribution in [1.29, 1.82) is 0 Å². The molecular formula is C6H10N2S. The molecule has 0 aliphatic rings. The first kappa shape index (κ1) is 6.74. The fraction of sp³-hybridized carbons (Fsp3) is 0.333. The van der Waals surface area contributed by atoms with Crippen LogP contribution in [-0.2, 0) is 0 Å². The molecular weight excluding hydrogens is 132 g/mol. The normalized spacial score (nSPS) is 13.6. The van der Waals surface area contributed by atoms with Crippen LogP contribution in [-0.4, -0.2) is 0 Å². The third-order valence-corrected chi connectivity index (χ3v) is 2.27. The van der Waals surface area contributed by atoms with E-state index in [1.54, 1.807) is 11.3 Å². The third-order valence-electron chi connectivity index (χ3n) is 1.22. The van der Waals surface area contributed by atoms with Gasteiger partial charge in [0, 0.05) is 4.88 Å². The average Bonchev–Trinajstić information content (AvgIpc) is 2.37. The molecule has 1 aromatic heterocycles. The zero-order chi connectivity index (χ0) is 6.69. The van der Waals surface area contributed by atoms with Crippen LogP contribution < -0.4 is 11.3 Å². The Hall–Kier alpha value is -0.380. The highest BCUT2D eigenvalue weighted by Gasteiger charge is 2.00. The van der Waals surface area contributed by atoms with Crippen LogP contribution in [0.15, 0.2) is 17.5 Å². The van der Waals surface area contributed by atoms with Crippen molar-refractivity contribution in [3.63, 3.8) is 0 Å². The van der Waals surface area contributed by atoms with Gasteiger partial charge in [-0.25, -0.2) is 0 Å². The lowest BCUT2D eigenvalue weighted by Gasteiger charge is -2.04. The Morgan fingerprint density at radius 2 is 2.56 bits per heavy atom. The largest absolute Gasteiger partial charge is 0.271 e. The standard InChI is InChI=1S/C6H10N2S/c1-5(8-7)6-3-2-4-9-6/h2-5,8H,7H2,1H3. The van der Waals surface area contributed by atoms with Crippen LogP contribution in [0.25, 0.3) is 0 Å². The molecule has 9 heavy (non-hydrogen) atoms. The van der Waals surface area contributed by atoms with Crippen LogP contribution >= 0.6 is 11.3 Å². The van der Waals surface area contributed by atoms with Crippen molar-refractivity contribution in [1.82, 2.24) is 5.43 Å². The van der Waals surface area contributed by atoms with Crippen LogP contribution in [0.3, 0.4) is 0 Å². The number of hydrogen-bond acceptors (Lipinski definition) is 3. The first-order chi connectivity index (χ1) is 4.34. The minimum Gasteiger partial charge on any atom is -0.271 e. The Kier molecular flexibility index (Phi) is 2.22. The molecule has 0 radical (unpaired) electrons. The summed E-state index contributed by atoms with van der Waals surface area (Å²) >= 11 is 1.71. The molecule has 0 aromatic carbocycles. The third kappa shape index (κ3) is 1.51. The quantitative estimate of drug-likeness (QED) is 0.482. The van der Waals surface area contributed by atoms with E-state index in [0.717, 1.165) is 0 Å². The molecule has 1 atom stereocenters. The van der Waals surface area contributed by atoms with Crippen molar-refractivity contribution < 1.29 is 0 Å². The fourth-order valence-electron chi connectivity index (χ4n) is 0.620. The van der Waals surface area contributed by atoms with Gasteiger partial charge in [0.25, 0.3) is 0 Å². The van der Waals surface area contributed by atoms with Crippen molar-refractivity contribution in [3.05, 3.63) is 22.4 Å². The summed E-state index contributed by atoms with van der Waals surface area (Å²) < 4.78 is 0. The monoisotopic (exact) mass is 142 g/mol. The summed E-state index contributed by atoms with van der Waals surface area (Å²) in [5.41, 5.74) is 2.68. The van der Waals surface area contributed by atoms with Gasteiger partial charge in [-0.1, -0.05) is 6.07 Å². The lowest BCUT2D eigenvalue weighted by Crippen LogP contribution is -2.24. The van der Waals surface area contributed by atoms with Crippen molar-refractivity contribution in [3.8, 4) is 0 Å². The SMILES string of the molecule is CC(NN)c1cccs1. The molecule has 0 amide bonds. The number of nitrogens with two attached hydrogens (primary N) is 1. The molecule has 0 spiro atoms. The summed E-state index contributed by atoms with van der Waals surface area (Å²) in [6.45, 7) is 2.03. The molecule has 1 unspecified atom stereocenters. The van der Waals surface area contributed by atoms with E-state index in [0.29, 0.717) is 0 Å². The van der Waals surface area contributed by atoms with E-state index >= 15 is 0 Å². The molecule has 2 nitrogen and oxygen atoms in total. The van der Waals surface area contributed by atoms with Crippen LogP contribution in [0, 0.1) is 0 Å². The maximum Gasteiger partial charge on any atom is 0.0525 e. The molecule has 0 fully saturated rings. The molecule has 0 bridgehead atoms. The van der Waals surface area contributed by atoms with E-state index in [1.807, 2.05) is 18.4 Å². The first-order valence-corrected chi connectivity index (χ1v) is 3.72. The van der Waals surface area contributed by atoms with Crippen LogP contribution in [0.4, 0.5) is 0 Å². The zero-order valence-corrected chi connectivity index (χ0v) is 6.11. The molecule has 50 valence electrons. The van der Waals surface area contributed by atoms with Crippen LogP contribution in [0.2, 0.25) is 0 Å². The van der Waals surface area contributed by atoms with Crippen molar-refractivity contribution in [2.24, 2.45) is 5.84 Å². The molecule has 1 aromatic rings. The Bertz CT molecular complexity index is 160. The predicted octanol–water partition coefficient (Wildman–Crippen LogP) is 1.27. The van der Waals surface area contributed by atoms with Gasteiger partial charge in [0.15, 0.2) is 0 Å². The summed E-state index contributed by atoms with van der Waals surface area (Å²) in [6, 6.07) is 4.37. The Labute approximate surface area is 58.7 Å². The number of rotatable bonds is 2. The molecule has 3 N–H and O–H groups in total. The topological polar surface area (TPSA) is 38.0 Å². The molecule has 1 rings (SSSR count). The van der Waals surface area contributed by atoms with Gasteiger partial charge in [-0.2, -0.15) is 0 Å². The molecule has 1 heterocycles. The maximum atomic E-state index is 5.22. The predicted molar refractivity (Wildman–Crippen MR) is 40.1 cm³/mol. The van der Waals surface area contributed by atoms with Gasteiger partial charge < -0.3 is 0 Å². The smallest absolute Gasteiger partial charge is 0.0525 e. The maximum absolute atomic E-state index is 5.22. The van der Waals surface area contributed by atoms with Gasteiger partial charge in [0.2, 0.25) is 0 Å². The summed E-state index contributed by atoms with van der Waals surface area (Å²) in [7, 11) is 0. The minimum atomic E-state index is 0.282. The minimum absolute atomic E-state index is 0.282. The van der Waals surface area contributed by atoms with Crippen LogP contribution in [0.1, 0.15) is 17.8 Å². The highest BCUT2D eigenvalue weighted by Crippen LogP contribution is 2.16. The van der Waals surface area contributed by atoms with Gasteiger partial charge >= 0.3 is 0 Å². The highest BCUT2D eigenvalue weighted by atomic mass is 32.1. The van der Waals surface area contributed by atoms with E-state index in [1.165, 1.54) is 4.88 Å². The fourth-order valence-corrected chi connectivity index (χ4v) is 1.36. The number of hydrazine groups is 1. The summed E-state index contributed by atoms with van der Waals surface area (Å²) in [5, 5.41) is 2.04. The second-order valence-electron chi connectivity index (χ2n) is 1.90. The summed E-state index contributed by atoms with van der Waals surface area (Å²) in [5.74, 6) is 5.22. The van der Waals surface area contributed by atoms with Gasteiger partial charge in [-0.3, -0.25) is 11.3 Å². The van der Waals surface area contributed by atoms with E-state index in [2.05, 4.69) is 11.5 Å². The van der Waals surface area contributed by atoms with Gasteiger partial charge in [0.1, 0.15) is 0 Å². The highest BCUT2D eigenvalue weighted by molar-refractivity contribution is 7.10. The lowest BCUT2D eigenvalue weighted by atomic mass is 10.3. The first-order valence-electron chi connectivity index (χ1n) is 2.84. The second kappa shape index (κ2) is 2.96.